The Bertz CT molecular complexity index is 1570. The van der Waals surface area contributed by atoms with E-state index in [4.69, 9.17) is 21.1 Å². The fraction of sp³-hybridized carbons (Fsp3) is 0.167. The van der Waals surface area contributed by atoms with Crippen molar-refractivity contribution in [2.45, 2.75) is 13.3 Å². The highest BCUT2D eigenvalue weighted by molar-refractivity contribution is 9.10. The van der Waals surface area contributed by atoms with Crippen molar-refractivity contribution in [3.63, 3.8) is 0 Å². The van der Waals surface area contributed by atoms with E-state index in [9.17, 15) is 14.4 Å². The fourth-order valence-electron chi connectivity index (χ4n) is 4.44. The summed E-state index contributed by atoms with van der Waals surface area (Å²) in [5.41, 5.74) is 1.98. The topological polar surface area (TPSA) is 84.9 Å². The van der Waals surface area contributed by atoms with Crippen molar-refractivity contribution in [2.75, 3.05) is 23.4 Å². The Morgan fingerprint density at radius 1 is 1.05 bits per heavy atom. The summed E-state index contributed by atoms with van der Waals surface area (Å²) in [6, 6.07) is 24.4. The number of hydrogen-bond acceptors (Lipinski definition) is 5. The average molecular weight is 608 g/mol. The summed E-state index contributed by atoms with van der Waals surface area (Å²) in [4.78, 5) is 39.2. The summed E-state index contributed by atoms with van der Waals surface area (Å²) in [5.74, 6) is -0.574. The van der Waals surface area contributed by atoms with E-state index in [0.29, 0.717) is 26.6 Å². The van der Waals surface area contributed by atoms with Crippen LogP contribution in [0.4, 0.5) is 11.4 Å². The van der Waals surface area contributed by atoms with Gasteiger partial charge in [0.15, 0.2) is 6.61 Å². The van der Waals surface area contributed by atoms with Crippen molar-refractivity contribution in [1.29, 1.82) is 0 Å². The molecule has 2 amide bonds. The van der Waals surface area contributed by atoms with Crippen LogP contribution < -0.4 is 15.0 Å². The van der Waals surface area contributed by atoms with Crippen molar-refractivity contribution < 1.29 is 23.9 Å². The van der Waals surface area contributed by atoms with Gasteiger partial charge in [-0.3, -0.25) is 14.4 Å². The highest BCUT2D eigenvalue weighted by atomic mass is 79.9. The molecule has 0 aromatic heterocycles. The molecule has 1 aliphatic heterocycles. The van der Waals surface area contributed by atoms with Crippen molar-refractivity contribution in [2.24, 2.45) is 5.92 Å². The van der Waals surface area contributed by atoms with Gasteiger partial charge in [-0.05, 0) is 76.3 Å². The molecule has 1 aliphatic rings. The second kappa shape index (κ2) is 11.5. The molecule has 0 bridgehead atoms. The van der Waals surface area contributed by atoms with E-state index in [1.165, 1.54) is 0 Å². The van der Waals surface area contributed by atoms with Crippen LogP contribution in [0, 0.1) is 12.8 Å². The number of rotatable bonds is 7. The van der Waals surface area contributed by atoms with Gasteiger partial charge in [-0.2, -0.15) is 0 Å². The minimum Gasteiger partial charge on any atom is -0.457 e. The van der Waals surface area contributed by atoms with E-state index in [2.05, 4.69) is 21.2 Å². The molecule has 1 fully saturated rings. The number of aryl methyl sites for hydroxylation is 1. The molecule has 5 rings (SSSR count). The van der Waals surface area contributed by atoms with Crippen LogP contribution in [0.2, 0.25) is 5.02 Å². The molecule has 1 atom stereocenters. The third kappa shape index (κ3) is 6.08. The molecule has 4 aromatic carbocycles. The number of nitrogens with zero attached hydrogens (tertiary/aromatic N) is 1. The van der Waals surface area contributed by atoms with E-state index < -0.39 is 24.4 Å². The monoisotopic (exact) mass is 606 g/mol. The van der Waals surface area contributed by atoms with E-state index in [1.807, 2.05) is 49.4 Å². The lowest BCUT2D eigenvalue weighted by atomic mass is 10.1. The van der Waals surface area contributed by atoms with Crippen molar-refractivity contribution in [3.05, 3.63) is 93.9 Å². The molecule has 0 aliphatic carbocycles. The SMILES string of the molecule is Cc1cc(Br)c(Cl)cc1NC(=O)COC(=O)[C@@H]1CC(=O)N(c2ccc(Oc3cccc4ccccc34)cc2)C1. The van der Waals surface area contributed by atoms with Crippen LogP contribution in [0.25, 0.3) is 10.8 Å². The van der Waals surface area contributed by atoms with Crippen LogP contribution in [0.15, 0.2) is 83.3 Å². The molecule has 1 heterocycles. The second-order valence-electron chi connectivity index (χ2n) is 9.22. The predicted octanol–water partition coefficient (Wildman–Crippen LogP) is 6.89. The van der Waals surface area contributed by atoms with Crippen LogP contribution in [-0.2, 0) is 19.1 Å². The Kier molecular flexibility index (Phi) is 7.86. The number of halogens is 2. The minimum absolute atomic E-state index is 0.0101. The Morgan fingerprint density at radius 2 is 1.79 bits per heavy atom. The van der Waals surface area contributed by atoms with E-state index in [-0.39, 0.29) is 18.9 Å². The summed E-state index contributed by atoms with van der Waals surface area (Å²) < 4.78 is 12.0. The normalized spacial score (nSPS) is 14.9. The molecule has 7 nitrogen and oxygen atoms in total. The smallest absolute Gasteiger partial charge is 0.311 e. The Balaban J connectivity index is 1.17. The van der Waals surface area contributed by atoms with Gasteiger partial charge in [0.25, 0.3) is 5.91 Å². The Labute approximate surface area is 238 Å². The number of ether oxygens (including phenoxy) is 2. The van der Waals surface area contributed by atoms with Crippen LogP contribution in [0.1, 0.15) is 12.0 Å². The number of benzene rings is 4. The van der Waals surface area contributed by atoms with Gasteiger partial charge in [0.1, 0.15) is 11.5 Å². The maximum absolute atomic E-state index is 12.7. The highest BCUT2D eigenvalue weighted by Gasteiger charge is 2.36. The molecule has 1 N–H and O–H groups in total. The van der Waals surface area contributed by atoms with Gasteiger partial charge in [-0.25, -0.2) is 0 Å². The molecule has 9 heteroatoms. The molecular weight excluding hydrogens is 584 g/mol. The molecule has 198 valence electrons. The summed E-state index contributed by atoms with van der Waals surface area (Å²) in [7, 11) is 0. The zero-order valence-corrected chi connectivity index (χ0v) is 23.3. The maximum Gasteiger partial charge on any atom is 0.311 e. The van der Waals surface area contributed by atoms with Gasteiger partial charge in [0.2, 0.25) is 5.91 Å². The molecule has 0 saturated carbocycles. The number of amides is 2. The zero-order valence-electron chi connectivity index (χ0n) is 20.9. The summed E-state index contributed by atoms with van der Waals surface area (Å²) >= 11 is 9.43. The summed E-state index contributed by atoms with van der Waals surface area (Å²) in [5, 5.41) is 5.22. The largest absolute Gasteiger partial charge is 0.457 e. The van der Waals surface area contributed by atoms with Gasteiger partial charge in [-0.1, -0.05) is 48.0 Å². The number of nitrogens with one attached hydrogen (secondary N) is 1. The van der Waals surface area contributed by atoms with E-state index in [1.54, 1.807) is 41.3 Å². The molecule has 1 saturated heterocycles. The Morgan fingerprint density at radius 3 is 2.59 bits per heavy atom. The zero-order chi connectivity index (χ0) is 27.5. The van der Waals surface area contributed by atoms with Crippen molar-refractivity contribution in [1.82, 2.24) is 0 Å². The first-order chi connectivity index (χ1) is 18.8. The average Bonchev–Trinajstić information content (AvgIpc) is 3.32. The van der Waals surface area contributed by atoms with Crippen LogP contribution >= 0.6 is 27.5 Å². The molecule has 0 spiro atoms. The molecule has 0 radical (unpaired) electrons. The molecule has 4 aromatic rings. The predicted molar refractivity (Wildman–Crippen MR) is 154 cm³/mol. The van der Waals surface area contributed by atoms with Crippen molar-refractivity contribution >= 4 is 67.5 Å². The van der Waals surface area contributed by atoms with Crippen LogP contribution in [0.5, 0.6) is 11.5 Å². The Hall–Kier alpha value is -3.88. The lowest BCUT2D eigenvalue weighted by Gasteiger charge is -2.17. The number of esters is 1. The summed E-state index contributed by atoms with van der Waals surface area (Å²) in [6.45, 7) is 1.53. The van der Waals surface area contributed by atoms with Crippen molar-refractivity contribution in [3.8, 4) is 11.5 Å². The molecule has 0 unspecified atom stereocenters. The van der Waals surface area contributed by atoms with Gasteiger partial charge in [0, 0.05) is 34.2 Å². The quantitative estimate of drug-likeness (QED) is 0.231. The molecular formula is C30H24BrClN2O5. The van der Waals surface area contributed by atoms with Gasteiger partial charge < -0.3 is 19.7 Å². The minimum atomic E-state index is -0.666. The van der Waals surface area contributed by atoms with Gasteiger partial charge in [0.05, 0.1) is 10.9 Å². The number of hydrogen-bond donors (Lipinski definition) is 1. The number of carbonyl (C=O) groups excluding carboxylic acids is 3. The first-order valence-electron chi connectivity index (χ1n) is 12.3. The van der Waals surface area contributed by atoms with Gasteiger partial charge >= 0.3 is 5.97 Å². The fourth-order valence-corrected chi connectivity index (χ4v) is 5.06. The first kappa shape index (κ1) is 26.7. The second-order valence-corrected chi connectivity index (χ2v) is 10.5. The lowest BCUT2D eigenvalue weighted by Crippen LogP contribution is -2.28. The van der Waals surface area contributed by atoms with Crippen LogP contribution in [-0.4, -0.2) is 30.9 Å². The van der Waals surface area contributed by atoms with Crippen LogP contribution in [0.3, 0.4) is 0 Å². The number of carbonyl (C=O) groups is 3. The number of fused-ring (bicyclic) bond motifs is 1. The maximum atomic E-state index is 12.7. The van der Waals surface area contributed by atoms with E-state index in [0.717, 1.165) is 22.1 Å². The van der Waals surface area contributed by atoms with Gasteiger partial charge in [-0.15, -0.1) is 0 Å². The first-order valence-corrected chi connectivity index (χ1v) is 13.4. The van der Waals surface area contributed by atoms with E-state index >= 15 is 0 Å². The summed E-state index contributed by atoms with van der Waals surface area (Å²) in [6.07, 6.45) is 0.0101. The molecule has 39 heavy (non-hydrogen) atoms. The lowest BCUT2D eigenvalue weighted by molar-refractivity contribution is -0.151. The number of anilines is 2. The standard InChI is InChI=1S/C30H24BrClN2O5/c1-18-13-24(31)25(32)15-26(18)33-28(35)17-38-30(37)20-14-29(36)34(16-20)21-9-11-22(12-10-21)39-27-8-4-6-19-5-2-3-7-23(19)27/h2-13,15,20H,14,16-17H2,1H3,(H,33,35)/t20-/m1/s1. The third-order valence-electron chi connectivity index (χ3n) is 6.47. The highest BCUT2D eigenvalue weighted by Crippen LogP contribution is 2.33. The third-order valence-corrected chi connectivity index (χ3v) is 7.67.